The van der Waals surface area contributed by atoms with Gasteiger partial charge in [-0.05, 0) is 43.9 Å². The maximum absolute atomic E-state index is 14.8. The van der Waals surface area contributed by atoms with Crippen molar-refractivity contribution in [2.75, 3.05) is 6.26 Å². The van der Waals surface area contributed by atoms with Gasteiger partial charge in [0.1, 0.15) is 24.6 Å². The highest BCUT2D eigenvalue weighted by Crippen LogP contribution is 2.35. The van der Waals surface area contributed by atoms with E-state index in [0.29, 0.717) is 22.9 Å². The van der Waals surface area contributed by atoms with Crippen molar-refractivity contribution in [1.82, 2.24) is 29.7 Å². The van der Waals surface area contributed by atoms with Crippen LogP contribution in [0, 0.1) is 5.82 Å². The lowest BCUT2D eigenvalue weighted by atomic mass is 9.87. The maximum atomic E-state index is 14.8. The van der Waals surface area contributed by atoms with Crippen LogP contribution in [0.1, 0.15) is 63.1 Å². The first-order chi connectivity index (χ1) is 16.7. The van der Waals surface area contributed by atoms with Crippen LogP contribution in [0.4, 0.5) is 4.39 Å². The Morgan fingerprint density at radius 1 is 1.14 bits per heavy atom. The summed E-state index contributed by atoms with van der Waals surface area (Å²) < 4.78 is 51.3. The Morgan fingerprint density at radius 2 is 1.91 bits per heavy atom. The average Bonchev–Trinajstić information content (AvgIpc) is 3.47. The highest BCUT2D eigenvalue weighted by molar-refractivity contribution is 7.90. The van der Waals surface area contributed by atoms with Gasteiger partial charge in [-0.15, -0.1) is 0 Å². The normalized spacial score (nSPS) is 18.9. The summed E-state index contributed by atoms with van der Waals surface area (Å²) in [6.45, 7) is 4.06. The highest BCUT2D eigenvalue weighted by Gasteiger charge is 2.29. The summed E-state index contributed by atoms with van der Waals surface area (Å²) in [5, 5.41) is 4.06. The summed E-state index contributed by atoms with van der Waals surface area (Å²) in [5.41, 5.74) is 0.895. The van der Waals surface area contributed by atoms with Crippen LogP contribution in [0.5, 0.6) is 5.88 Å². The SMILES string of the molecule is CC(C)c1noc(C2CCC(Oc3ncnc4c3ncn4-c3ccc(S(C)(=O)=O)cc3F)CC2)n1. The van der Waals surface area contributed by atoms with E-state index in [-0.39, 0.29) is 28.5 Å². The fraction of sp³-hybridized carbons (Fsp3) is 0.435. The summed E-state index contributed by atoms with van der Waals surface area (Å²) >= 11 is 0. The van der Waals surface area contributed by atoms with Gasteiger partial charge in [-0.3, -0.25) is 4.57 Å². The highest BCUT2D eigenvalue weighted by atomic mass is 32.2. The molecule has 5 rings (SSSR count). The lowest BCUT2D eigenvalue weighted by molar-refractivity contribution is 0.135. The Balaban J connectivity index is 1.33. The number of hydrogen-bond donors (Lipinski definition) is 0. The standard InChI is InChI=1S/C23H25FN6O4S/c1-13(2)20-28-22(34-29-20)14-4-6-15(7-5-14)33-23-19-21(25-11-26-23)30(12-27-19)18-9-8-16(10-17(18)24)35(3,31)32/h8-15H,4-7H2,1-3H3. The van der Waals surface area contributed by atoms with Crippen LogP contribution in [0.25, 0.3) is 16.9 Å². The molecule has 4 aromatic rings. The Labute approximate surface area is 201 Å². The molecule has 0 N–H and O–H groups in total. The molecule has 1 aliphatic carbocycles. The number of sulfone groups is 1. The summed E-state index contributed by atoms with van der Waals surface area (Å²) in [6, 6.07) is 3.73. The number of fused-ring (bicyclic) bond motifs is 1. The molecular weight excluding hydrogens is 475 g/mol. The number of ether oxygens (including phenoxy) is 1. The van der Waals surface area contributed by atoms with Crippen LogP contribution in [-0.4, -0.2) is 50.4 Å². The molecular formula is C23H25FN6O4S. The third-order valence-electron chi connectivity index (χ3n) is 6.18. The molecule has 12 heteroatoms. The van der Waals surface area contributed by atoms with E-state index in [1.165, 1.54) is 29.4 Å². The summed E-state index contributed by atoms with van der Waals surface area (Å²) in [4.78, 5) is 17.3. The lowest BCUT2D eigenvalue weighted by Gasteiger charge is -2.26. The zero-order chi connectivity index (χ0) is 24.7. The molecule has 35 heavy (non-hydrogen) atoms. The summed E-state index contributed by atoms with van der Waals surface area (Å²) in [6.07, 6.45) is 7.02. The number of hydrogen-bond acceptors (Lipinski definition) is 9. The molecule has 1 aromatic carbocycles. The molecule has 184 valence electrons. The number of imidazole rings is 1. The van der Waals surface area contributed by atoms with Crippen molar-refractivity contribution in [3.05, 3.63) is 48.4 Å². The Bertz CT molecular complexity index is 1470. The molecule has 0 unspecified atom stereocenters. The first-order valence-corrected chi connectivity index (χ1v) is 13.3. The minimum absolute atomic E-state index is 0.0622. The fourth-order valence-corrected chi connectivity index (χ4v) is 4.86. The van der Waals surface area contributed by atoms with Crippen molar-refractivity contribution in [3.8, 4) is 11.6 Å². The number of nitrogens with zero attached hydrogens (tertiary/aromatic N) is 6. The quantitative estimate of drug-likeness (QED) is 0.386. The zero-order valence-electron chi connectivity index (χ0n) is 19.5. The lowest BCUT2D eigenvalue weighted by Crippen LogP contribution is -2.24. The second-order valence-corrected chi connectivity index (χ2v) is 11.1. The number of rotatable bonds is 6. The number of halogens is 1. The third kappa shape index (κ3) is 4.62. The number of aromatic nitrogens is 6. The molecule has 1 fully saturated rings. The topological polar surface area (TPSA) is 126 Å². The van der Waals surface area contributed by atoms with Gasteiger partial charge in [0.05, 0.1) is 10.6 Å². The molecule has 0 saturated heterocycles. The van der Waals surface area contributed by atoms with Crippen LogP contribution < -0.4 is 4.74 Å². The van der Waals surface area contributed by atoms with Crippen LogP contribution >= 0.6 is 0 Å². The predicted octanol–water partition coefficient (Wildman–Crippen LogP) is 3.97. The minimum atomic E-state index is -3.52. The van der Waals surface area contributed by atoms with Gasteiger partial charge < -0.3 is 9.26 Å². The van der Waals surface area contributed by atoms with Crippen LogP contribution in [0.15, 0.2) is 40.3 Å². The molecule has 10 nitrogen and oxygen atoms in total. The van der Waals surface area contributed by atoms with E-state index < -0.39 is 15.7 Å². The largest absolute Gasteiger partial charge is 0.473 e. The van der Waals surface area contributed by atoms with E-state index in [1.807, 2.05) is 13.8 Å². The summed E-state index contributed by atoms with van der Waals surface area (Å²) in [5.74, 6) is 1.45. The van der Waals surface area contributed by atoms with Crippen molar-refractivity contribution in [2.45, 2.75) is 62.4 Å². The van der Waals surface area contributed by atoms with Gasteiger partial charge in [-0.1, -0.05) is 19.0 Å². The van der Waals surface area contributed by atoms with Gasteiger partial charge in [0.25, 0.3) is 0 Å². The number of benzene rings is 1. The van der Waals surface area contributed by atoms with E-state index >= 15 is 0 Å². The molecule has 1 saturated carbocycles. The first-order valence-electron chi connectivity index (χ1n) is 11.4. The van der Waals surface area contributed by atoms with Crippen LogP contribution in [0.3, 0.4) is 0 Å². The minimum Gasteiger partial charge on any atom is -0.473 e. The van der Waals surface area contributed by atoms with Gasteiger partial charge >= 0.3 is 0 Å². The van der Waals surface area contributed by atoms with Crippen molar-refractivity contribution < 1.29 is 22.1 Å². The Morgan fingerprint density at radius 3 is 2.57 bits per heavy atom. The van der Waals surface area contributed by atoms with E-state index in [0.717, 1.165) is 43.8 Å². The zero-order valence-corrected chi connectivity index (χ0v) is 20.4. The van der Waals surface area contributed by atoms with Crippen molar-refractivity contribution in [3.63, 3.8) is 0 Å². The van der Waals surface area contributed by atoms with Gasteiger partial charge in [-0.25, -0.2) is 22.8 Å². The van der Waals surface area contributed by atoms with Crippen LogP contribution in [-0.2, 0) is 9.84 Å². The van der Waals surface area contributed by atoms with E-state index in [1.54, 1.807) is 0 Å². The van der Waals surface area contributed by atoms with E-state index in [4.69, 9.17) is 9.26 Å². The van der Waals surface area contributed by atoms with Crippen molar-refractivity contribution in [2.24, 2.45) is 0 Å². The van der Waals surface area contributed by atoms with E-state index in [2.05, 4.69) is 25.1 Å². The van der Waals surface area contributed by atoms with Crippen molar-refractivity contribution >= 4 is 21.0 Å². The molecule has 0 atom stereocenters. The molecule has 0 radical (unpaired) electrons. The Hall–Kier alpha value is -3.41. The van der Waals surface area contributed by atoms with Crippen molar-refractivity contribution in [1.29, 1.82) is 0 Å². The molecule has 0 aliphatic heterocycles. The molecule has 0 amide bonds. The maximum Gasteiger partial charge on any atom is 0.245 e. The molecule has 1 aliphatic rings. The predicted molar refractivity (Wildman–Crippen MR) is 124 cm³/mol. The van der Waals surface area contributed by atoms with Gasteiger partial charge in [0.15, 0.2) is 26.8 Å². The monoisotopic (exact) mass is 500 g/mol. The summed E-state index contributed by atoms with van der Waals surface area (Å²) in [7, 11) is -3.52. The second-order valence-electron chi connectivity index (χ2n) is 9.09. The molecule has 0 bridgehead atoms. The first kappa shape index (κ1) is 23.3. The Kier molecular flexibility index (Phi) is 5.99. The van der Waals surface area contributed by atoms with E-state index in [9.17, 15) is 12.8 Å². The fourth-order valence-electron chi connectivity index (χ4n) is 4.22. The smallest absolute Gasteiger partial charge is 0.245 e. The second kappa shape index (κ2) is 8.99. The van der Waals surface area contributed by atoms with Gasteiger partial charge in [0, 0.05) is 18.1 Å². The molecule has 3 heterocycles. The average molecular weight is 501 g/mol. The van der Waals surface area contributed by atoms with Crippen LogP contribution in [0.2, 0.25) is 0 Å². The molecule has 0 spiro atoms. The van der Waals surface area contributed by atoms with Gasteiger partial charge in [-0.2, -0.15) is 9.97 Å². The van der Waals surface area contributed by atoms with Gasteiger partial charge in [0.2, 0.25) is 11.8 Å². The molecule has 3 aromatic heterocycles. The third-order valence-corrected chi connectivity index (χ3v) is 7.29.